The molecule has 0 bridgehead atoms. The van der Waals surface area contributed by atoms with Gasteiger partial charge in [-0.05, 0) is 24.3 Å². The molecular weight excluding hydrogens is 378 g/mol. The second kappa shape index (κ2) is 6.13. The Hall–Kier alpha value is -2.88. The highest BCUT2D eigenvalue weighted by atomic mass is 32.2. The number of sulfone groups is 1. The van der Waals surface area contributed by atoms with Crippen LogP contribution in [0.4, 0.5) is 17.6 Å². The van der Waals surface area contributed by atoms with Crippen LogP contribution in [0.25, 0.3) is 16.9 Å². The summed E-state index contributed by atoms with van der Waals surface area (Å²) < 4.78 is 83.3. The van der Waals surface area contributed by atoms with E-state index in [4.69, 9.17) is 0 Å². The molecule has 0 amide bonds. The van der Waals surface area contributed by atoms with Crippen molar-refractivity contribution in [2.24, 2.45) is 0 Å². The molecule has 0 N–H and O–H groups in total. The molecule has 26 heavy (non-hydrogen) atoms. The molecule has 1 heterocycles. The van der Waals surface area contributed by atoms with Crippen molar-refractivity contribution in [2.75, 3.05) is 6.26 Å². The van der Waals surface area contributed by atoms with E-state index < -0.39 is 43.8 Å². The molecular formula is C16H9F4NO4S. The first-order chi connectivity index (χ1) is 12.1. The fourth-order valence-corrected chi connectivity index (χ4v) is 3.31. The van der Waals surface area contributed by atoms with E-state index in [9.17, 15) is 30.8 Å². The van der Waals surface area contributed by atoms with Crippen molar-refractivity contribution in [3.63, 3.8) is 0 Å². The van der Waals surface area contributed by atoms with Crippen molar-refractivity contribution in [1.29, 1.82) is 0 Å². The third kappa shape index (κ3) is 3.15. The van der Waals surface area contributed by atoms with E-state index in [1.165, 1.54) is 0 Å². The van der Waals surface area contributed by atoms with Gasteiger partial charge in [-0.25, -0.2) is 35.3 Å². The molecule has 136 valence electrons. The summed E-state index contributed by atoms with van der Waals surface area (Å²) in [6, 6.07) is 3.57. The topological polar surface area (TPSA) is 69.3 Å². The molecule has 0 aliphatic rings. The lowest BCUT2D eigenvalue weighted by Gasteiger charge is -2.09. The Morgan fingerprint density at radius 2 is 1.46 bits per heavy atom. The molecule has 10 heteroatoms. The van der Waals surface area contributed by atoms with E-state index in [0.29, 0.717) is 29.0 Å². The van der Waals surface area contributed by atoms with Crippen molar-refractivity contribution < 1.29 is 30.4 Å². The van der Waals surface area contributed by atoms with Gasteiger partial charge in [0.2, 0.25) is 0 Å². The molecule has 0 atom stereocenters. The van der Waals surface area contributed by atoms with E-state index in [2.05, 4.69) is 4.42 Å². The van der Waals surface area contributed by atoms with Crippen LogP contribution in [0.15, 0.2) is 50.7 Å². The lowest BCUT2D eigenvalue weighted by Crippen LogP contribution is -2.14. The Kier molecular flexibility index (Phi) is 4.23. The van der Waals surface area contributed by atoms with Crippen molar-refractivity contribution in [2.45, 2.75) is 4.90 Å². The summed E-state index contributed by atoms with van der Waals surface area (Å²) in [5.74, 6) is -5.79. The van der Waals surface area contributed by atoms with Crippen molar-refractivity contribution in [3.05, 3.63) is 70.4 Å². The standard InChI is InChI=1S/C16H9F4NO4S/c1-26(23,24)15-12(19)2-8(3-13(15)20)14-7-25-16(22)21(14)11-5-9(17)4-10(18)6-11/h2-7H,1H3. The van der Waals surface area contributed by atoms with E-state index in [0.717, 1.165) is 18.4 Å². The summed E-state index contributed by atoms with van der Waals surface area (Å²) in [5.41, 5.74) is -0.759. The zero-order chi connectivity index (χ0) is 19.2. The number of hydrogen-bond donors (Lipinski definition) is 0. The normalized spacial score (nSPS) is 11.7. The Bertz CT molecular complexity index is 1140. The quantitative estimate of drug-likeness (QED) is 0.648. The van der Waals surface area contributed by atoms with Crippen LogP contribution >= 0.6 is 0 Å². The zero-order valence-electron chi connectivity index (χ0n) is 13.0. The average Bonchev–Trinajstić information content (AvgIpc) is 2.85. The summed E-state index contributed by atoms with van der Waals surface area (Å²) in [5, 5.41) is 0. The molecule has 3 rings (SSSR count). The van der Waals surface area contributed by atoms with Gasteiger partial charge < -0.3 is 4.42 Å². The Morgan fingerprint density at radius 3 is 1.96 bits per heavy atom. The Labute approximate surface area is 144 Å². The molecule has 2 aromatic carbocycles. The van der Waals surface area contributed by atoms with Gasteiger partial charge in [-0.1, -0.05) is 0 Å². The van der Waals surface area contributed by atoms with E-state index in [-0.39, 0.29) is 16.9 Å². The minimum absolute atomic E-state index is 0.224. The van der Waals surface area contributed by atoms with Gasteiger partial charge in [0.05, 0.1) is 11.4 Å². The van der Waals surface area contributed by atoms with Crippen LogP contribution in [0.1, 0.15) is 0 Å². The van der Waals surface area contributed by atoms with E-state index in [1.54, 1.807) is 0 Å². The Balaban J connectivity index is 2.26. The maximum absolute atomic E-state index is 14.1. The van der Waals surface area contributed by atoms with Gasteiger partial charge in [0, 0.05) is 17.9 Å². The predicted molar refractivity (Wildman–Crippen MR) is 82.7 cm³/mol. The zero-order valence-corrected chi connectivity index (χ0v) is 13.8. The minimum atomic E-state index is -4.17. The van der Waals surface area contributed by atoms with Gasteiger partial charge in [-0.15, -0.1) is 0 Å². The molecule has 1 aromatic heterocycles. The van der Waals surface area contributed by atoms with Gasteiger partial charge in [-0.2, -0.15) is 0 Å². The second-order valence-corrected chi connectivity index (χ2v) is 7.34. The molecule has 0 radical (unpaired) electrons. The van der Waals surface area contributed by atoms with Crippen LogP contribution in [-0.2, 0) is 9.84 Å². The molecule has 3 aromatic rings. The van der Waals surface area contributed by atoms with Crippen LogP contribution in [0.2, 0.25) is 0 Å². The summed E-state index contributed by atoms with van der Waals surface area (Å²) in [7, 11) is -4.17. The number of nitrogens with zero attached hydrogens (tertiary/aromatic N) is 1. The molecule has 0 saturated heterocycles. The van der Waals surface area contributed by atoms with Crippen LogP contribution < -0.4 is 5.76 Å². The highest BCUT2D eigenvalue weighted by Crippen LogP contribution is 2.28. The van der Waals surface area contributed by atoms with Gasteiger partial charge in [-0.3, -0.25) is 0 Å². The fraction of sp³-hybridized carbons (Fsp3) is 0.0625. The molecule has 0 spiro atoms. The number of aromatic nitrogens is 1. The Morgan fingerprint density at radius 1 is 0.923 bits per heavy atom. The monoisotopic (exact) mass is 387 g/mol. The number of rotatable bonds is 3. The molecule has 0 fully saturated rings. The maximum atomic E-state index is 14.1. The number of hydrogen-bond acceptors (Lipinski definition) is 4. The predicted octanol–water partition coefficient (Wildman–Crippen LogP) is 3.06. The molecule has 0 unspecified atom stereocenters. The van der Waals surface area contributed by atoms with Crippen LogP contribution in [0.5, 0.6) is 0 Å². The van der Waals surface area contributed by atoms with Crippen LogP contribution in [-0.4, -0.2) is 19.2 Å². The third-order valence-electron chi connectivity index (χ3n) is 3.47. The van der Waals surface area contributed by atoms with Crippen LogP contribution in [0, 0.1) is 23.3 Å². The highest BCUT2D eigenvalue weighted by molar-refractivity contribution is 7.90. The van der Waals surface area contributed by atoms with E-state index >= 15 is 0 Å². The van der Waals surface area contributed by atoms with Gasteiger partial charge in [0.25, 0.3) is 0 Å². The fourth-order valence-electron chi connectivity index (χ4n) is 2.48. The van der Waals surface area contributed by atoms with Gasteiger partial charge in [0.15, 0.2) is 9.84 Å². The second-order valence-electron chi connectivity index (χ2n) is 5.39. The first-order valence-corrected chi connectivity index (χ1v) is 8.83. The molecule has 0 saturated carbocycles. The van der Waals surface area contributed by atoms with Gasteiger partial charge >= 0.3 is 5.76 Å². The first kappa shape index (κ1) is 17.9. The number of halogens is 4. The van der Waals surface area contributed by atoms with Crippen molar-refractivity contribution >= 4 is 9.84 Å². The number of benzene rings is 2. The SMILES string of the molecule is CS(=O)(=O)c1c(F)cc(-c2coc(=O)n2-c2cc(F)cc(F)c2)cc1F. The highest BCUT2D eigenvalue weighted by Gasteiger charge is 2.23. The minimum Gasteiger partial charge on any atom is -0.415 e. The van der Waals surface area contributed by atoms with Gasteiger partial charge in [0.1, 0.15) is 34.4 Å². The largest absolute Gasteiger partial charge is 0.424 e. The number of oxazole rings is 1. The first-order valence-electron chi connectivity index (χ1n) is 6.94. The molecule has 5 nitrogen and oxygen atoms in total. The smallest absolute Gasteiger partial charge is 0.415 e. The average molecular weight is 387 g/mol. The summed E-state index contributed by atoms with van der Waals surface area (Å²) >= 11 is 0. The third-order valence-corrected chi connectivity index (χ3v) is 4.60. The summed E-state index contributed by atoms with van der Waals surface area (Å²) in [6.45, 7) is 0. The lowest BCUT2D eigenvalue weighted by molar-refractivity contribution is 0.503. The maximum Gasteiger partial charge on any atom is 0.424 e. The molecule has 0 aliphatic carbocycles. The van der Waals surface area contributed by atoms with E-state index in [1.807, 2.05) is 0 Å². The summed E-state index contributed by atoms with van der Waals surface area (Å²) in [6.07, 6.45) is 1.47. The summed E-state index contributed by atoms with van der Waals surface area (Å²) in [4.78, 5) is 10.8. The van der Waals surface area contributed by atoms with Crippen LogP contribution in [0.3, 0.4) is 0 Å². The lowest BCUT2D eigenvalue weighted by atomic mass is 10.1. The van der Waals surface area contributed by atoms with Crippen molar-refractivity contribution in [3.8, 4) is 16.9 Å². The van der Waals surface area contributed by atoms with Crippen molar-refractivity contribution in [1.82, 2.24) is 4.57 Å². The molecule has 0 aliphatic heterocycles.